The molecule has 0 aromatic heterocycles. The summed E-state index contributed by atoms with van der Waals surface area (Å²) in [5, 5.41) is 14.6. The Morgan fingerprint density at radius 1 is 1.18 bits per heavy atom. The van der Waals surface area contributed by atoms with Gasteiger partial charge in [-0.1, -0.05) is 12.1 Å². The molecule has 22 heavy (non-hydrogen) atoms. The van der Waals surface area contributed by atoms with Gasteiger partial charge >= 0.3 is 6.03 Å². The molecule has 1 heterocycles. The SMILES string of the molecule is Nc1ccc(CNC(=O)NCC(=O)N2CCC(O)CC2)cc1. The first-order valence-corrected chi connectivity index (χ1v) is 7.36. The lowest BCUT2D eigenvalue weighted by Gasteiger charge is -2.29. The van der Waals surface area contributed by atoms with Gasteiger partial charge in [0.05, 0.1) is 12.6 Å². The zero-order valence-corrected chi connectivity index (χ0v) is 12.4. The Morgan fingerprint density at radius 2 is 1.82 bits per heavy atom. The lowest BCUT2D eigenvalue weighted by atomic mass is 10.1. The molecule has 0 bridgehead atoms. The highest BCUT2D eigenvalue weighted by Gasteiger charge is 2.21. The van der Waals surface area contributed by atoms with Crippen LogP contribution in [-0.2, 0) is 11.3 Å². The number of rotatable bonds is 4. The van der Waals surface area contributed by atoms with Crippen LogP contribution in [0.4, 0.5) is 10.5 Å². The molecule has 7 heteroatoms. The highest BCUT2D eigenvalue weighted by molar-refractivity contribution is 5.84. The van der Waals surface area contributed by atoms with E-state index >= 15 is 0 Å². The van der Waals surface area contributed by atoms with Crippen LogP contribution in [0.15, 0.2) is 24.3 Å². The van der Waals surface area contributed by atoms with Crippen LogP contribution in [0.25, 0.3) is 0 Å². The molecule has 1 aromatic rings. The number of likely N-dealkylation sites (tertiary alicyclic amines) is 1. The van der Waals surface area contributed by atoms with Gasteiger partial charge in [0.25, 0.3) is 0 Å². The largest absolute Gasteiger partial charge is 0.399 e. The van der Waals surface area contributed by atoms with Gasteiger partial charge in [-0.25, -0.2) is 4.79 Å². The Kier molecular flexibility index (Phi) is 5.60. The number of nitrogens with two attached hydrogens (primary N) is 1. The maximum atomic E-state index is 11.9. The van der Waals surface area contributed by atoms with Gasteiger partial charge in [0, 0.05) is 25.3 Å². The number of carbonyl (C=O) groups is 2. The van der Waals surface area contributed by atoms with Crippen molar-refractivity contribution in [2.45, 2.75) is 25.5 Å². The highest BCUT2D eigenvalue weighted by Crippen LogP contribution is 2.09. The first-order chi connectivity index (χ1) is 10.5. The Hall–Kier alpha value is -2.28. The molecule has 5 N–H and O–H groups in total. The van der Waals surface area contributed by atoms with Crippen molar-refractivity contribution in [3.8, 4) is 0 Å². The Bertz CT molecular complexity index is 510. The molecule has 7 nitrogen and oxygen atoms in total. The second-order valence-electron chi connectivity index (χ2n) is 5.39. The summed E-state index contributed by atoms with van der Waals surface area (Å²) in [5.74, 6) is -0.130. The number of nitrogens with zero attached hydrogens (tertiary/aromatic N) is 1. The van der Waals surface area contributed by atoms with Crippen molar-refractivity contribution in [3.05, 3.63) is 29.8 Å². The van der Waals surface area contributed by atoms with Gasteiger partial charge in [-0.15, -0.1) is 0 Å². The van der Waals surface area contributed by atoms with Gasteiger partial charge in [0.15, 0.2) is 0 Å². The van der Waals surface area contributed by atoms with E-state index < -0.39 is 0 Å². The second kappa shape index (κ2) is 7.65. The quantitative estimate of drug-likeness (QED) is 0.590. The van der Waals surface area contributed by atoms with E-state index in [0.29, 0.717) is 38.2 Å². The van der Waals surface area contributed by atoms with Crippen LogP contribution >= 0.6 is 0 Å². The molecule has 0 aliphatic carbocycles. The molecular weight excluding hydrogens is 284 g/mol. The topological polar surface area (TPSA) is 108 Å². The summed E-state index contributed by atoms with van der Waals surface area (Å²) in [7, 11) is 0. The molecule has 120 valence electrons. The summed E-state index contributed by atoms with van der Waals surface area (Å²) in [5.41, 5.74) is 7.19. The van der Waals surface area contributed by atoms with Gasteiger partial charge in [-0.2, -0.15) is 0 Å². The van der Waals surface area contributed by atoms with Crippen molar-refractivity contribution in [1.82, 2.24) is 15.5 Å². The molecule has 3 amide bonds. The van der Waals surface area contributed by atoms with E-state index in [4.69, 9.17) is 5.73 Å². The molecule has 1 aliphatic heterocycles. The van der Waals surface area contributed by atoms with E-state index in [1.165, 1.54) is 0 Å². The van der Waals surface area contributed by atoms with Gasteiger partial charge < -0.3 is 26.4 Å². The number of carbonyl (C=O) groups excluding carboxylic acids is 2. The third kappa shape index (κ3) is 4.92. The fourth-order valence-corrected chi connectivity index (χ4v) is 2.26. The number of nitrogen functional groups attached to an aromatic ring is 1. The third-order valence-electron chi connectivity index (χ3n) is 3.65. The number of urea groups is 1. The van der Waals surface area contributed by atoms with Crippen molar-refractivity contribution in [2.75, 3.05) is 25.4 Å². The minimum Gasteiger partial charge on any atom is -0.399 e. The molecule has 0 radical (unpaired) electrons. The molecule has 2 rings (SSSR count). The lowest BCUT2D eigenvalue weighted by Crippen LogP contribution is -2.46. The summed E-state index contributed by atoms with van der Waals surface area (Å²) in [4.78, 5) is 25.2. The van der Waals surface area contributed by atoms with Gasteiger partial charge in [0.2, 0.25) is 5.91 Å². The van der Waals surface area contributed by atoms with Crippen LogP contribution in [0.2, 0.25) is 0 Å². The number of aliphatic hydroxyl groups excluding tert-OH is 1. The molecule has 1 aliphatic rings. The smallest absolute Gasteiger partial charge is 0.315 e. The first kappa shape index (κ1) is 16.1. The lowest BCUT2D eigenvalue weighted by molar-refractivity contribution is -0.132. The van der Waals surface area contributed by atoms with E-state index in [1.807, 2.05) is 12.1 Å². The van der Waals surface area contributed by atoms with Crippen molar-refractivity contribution in [1.29, 1.82) is 0 Å². The highest BCUT2D eigenvalue weighted by atomic mass is 16.3. The monoisotopic (exact) mass is 306 g/mol. The average Bonchev–Trinajstić information content (AvgIpc) is 2.52. The standard InChI is InChI=1S/C15H22N4O3/c16-12-3-1-11(2-4-12)9-17-15(22)18-10-14(21)19-7-5-13(20)6-8-19/h1-4,13,20H,5-10,16H2,(H2,17,18,22). The van der Waals surface area contributed by atoms with Crippen molar-refractivity contribution >= 4 is 17.6 Å². The van der Waals surface area contributed by atoms with E-state index in [9.17, 15) is 14.7 Å². The zero-order valence-electron chi connectivity index (χ0n) is 12.4. The number of benzene rings is 1. The third-order valence-corrected chi connectivity index (χ3v) is 3.65. The Morgan fingerprint density at radius 3 is 2.45 bits per heavy atom. The van der Waals surface area contributed by atoms with Crippen molar-refractivity contribution < 1.29 is 14.7 Å². The average molecular weight is 306 g/mol. The van der Waals surface area contributed by atoms with Gasteiger partial charge in [-0.05, 0) is 30.5 Å². The number of piperidine rings is 1. The number of amides is 3. The minimum atomic E-state index is -0.387. The van der Waals surface area contributed by atoms with E-state index in [1.54, 1.807) is 17.0 Å². The predicted molar refractivity (Wildman–Crippen MR) is 82.9 cm³/mol. The molecule has 1 aromatic carbocycles. The number of hydrogen-bond donors (Lipinski definition) is 4. The molecule has 1 fully saturated rings. The summed E-state index contributed by atoms with van der Waals surface area (Å²) in [6.07, 6.45) is 0.865. The molecule has 1 saturated heterocycles. The minimum absolute atomic E-state index is 0.0380. The predicted octanol–water partition coefficient (Wildman–Crippen LogP) is 0.0513. The fourth-order valence-electron chi connectivity index (χ4n) is 2.26. The van der Waals surface area contributed by atoms with Crippen LogP contribution in [0.5, 0.6) is 0 Å². The van der Waals surface area contributed by atoms with Gasteiger partial charge in [-0.3, -0.25) is 4.79 Å². The summed E-state index contributed by atoms with van der Waals surface area (Å²) < 4.78 is 0. The van der Waals surface area contributed by atoms with Gasteiger partial charge in [0.1, 0.15) is 0 Å². The number of aliphatic hydroxyl groups is 1. The van der Waals surface area contributed by atoms with E-state index in [-0.39, 0.29) is 24.6 Å². The van der Waals surface area contributed by atoms with E-state index in [0.717, 1.165) is 5.56 Å². The second-order valence-corrected chi connectivity index (χ2v) is 5.39. The summed E-state index contributed by atoms with van der Waals surface area (Å²) >= 11 is 0. The molecule has 0 unspecified atom stereocenters. The van der Waals surface area contributed by atoms with Crippen LogP contribution in [-0.4, -0.2) is 47.7 Å². The molecular formula is C15H22N4O3. The Labute approximate surface area is 129 Å². The van der Waals surface area contributed by atoms with Crippen LogP contribution in [0.1, 0.15) is 18.4 Å². The number of nitrogens with one attached hydrogen (secondary N) is 2. The molecule has 0 saturated carbocycles. The van der Waals surface area contributed by atoms with Crippen LogP contribution in [0.3, 0.4) is 0 Å². The number of anilines is 1. The summed E-state index contributed by atoms with van der Waals surface area (Å²) in [6.45, 7) is 1.41. The normalized spacial score (nSPS) is 15.4. The molecule has 0 atom stereocenters. The first-order valence-electron chi connectivity index (χ1n) is 7.36. The van der Waals surface area contributed by atoms with Crippen molar-refractivity contribution in [2.24, 2.45) is 0 Å². The van der Waals surface area contributed by atoms with Crippen LogP contribution < -0.4 is 16.4 Å². The maximum Gasteiger partial charge on any atom is 0.315 e. The van der Waals surface area contributed by atoms with Crippen LogP contribution in [0, 0.1) is 0 Å². The maximum absolute atomic E-state index is 11.9. The fraction of sp³-hybridized carbons (Fsp3) is 0.467. The Balaban J connectivity index is 1.66. The van der Waals surface area contributed by atoms with Crippen molar-refractivity contribution in [3.63, 3.8) is 0 Å². The van der Waals surface area contributed by atoms with E-state index in [2.05, 4.69) is 10.6 Å². The zero-order chi connectivity index (χ0) is 15.9. The summed E-state index contributed by atoms with van der Waals surface area (Å²) in [6, 6.07) is 6.81. The molecule has 0 spiro atoms. The number of hydrogen-bond acceptors (Lipinski definition) is 4.